The van der Waals surface area contributed by atoms with Crippen molar-refractivity contribution in [3.05, 3.63) is 0 Å². The number of nitrogens with one attached hydrogen (secondary N) is 1. The molecule has 0 aliphatic carbocycles. The van der Waals surface area contributed by atoms with Crippen LogP contribution in [0.1, 0.15) is 44.9 Å². The van der Waals surface area contributed by atoms with Crippen molar-refractivity contribution in [3.8, 4) is 0 Å². The zero-order chi connectivity index (χ0) is 23.4. The predicted molar refractivity (Wildman–Crippen MR) is 123 cm³/mol. The van der Waals surface area contributed by atoms with E-state index in [2.05, 4.69) is 5.32 Å². The van der Waals surface area contributed by atoms with Gasteiger partial charge in [-0.05, 0) is 12.8 Å². The van der Waals surface area contributed by atoms with E-state index in [1.165, 1.54) is 19.3 Å². The van der Waals surface area contributed by atoms with Gasteiger partial charge in [-0.2, -0.15) is 0 Å². The summed E-state index contributed by atoms with van der Waals surface area (Å²) in [6, 6.07) is 0. The van der Waals surface area contributed by atoms with Crippen LogP contribution in [0.25, 0.3) is 0 Å². The van der Waals surface area contributed by atoms with E-state index in [0.717, 1.165) is 25.9 Å². The minimum absolute atomic E-state index is 0.101. The number of rotatable bonds is 27. The van der Waals surface area contributed by atoms with Crippen LogP contribution >= 0.6 is 0 Å². The van der Waals surface area contributed by atoms with Crippen LogP contribution in [0.4, 0.5) is 0 Å². The summed E-state index contributed by atoms with van der Waals surface area (Å²) in [6.45, 7) is 7.31. The van der Waals surface area contributed by atoms with Crippen molar-refractivity contribution in [1.29, 1.82) is 0 Å². The largest absolute Gasteiger partial charge is 0.385 e. The monoisotopic (exact) mass is 465 g/mol. The highest BCUT2D eigenvalue weighted by atomic mass is 16.6. The molecule has 0 radical (unpaired) electrons. The van der Waals surface area contributed by atoms with Gasteiger partial charge in [0.2, 0.25) is 5.91 Å². The van der Waals surface area contributed by atoms with E-state index in [0.29, 0.717) is 85.6 Å². The topological polar surface area (TPSA) is 93.7 Å². The van der Waals surface area contributed by atoms with Gasteiger partial charge in [0.25, 0.3) is 0 Å². The second-order valence-corrected chi connectivity index (χ2v) is 7.27. The molecule has 0 aromatic heterocycles. The van der Waals surface area contributed by atoms with Crippen LogP contribution in [0.2, 0.25) is 0 Å². The van der Waals surface area contributed by atoms with Gasteiger partial charge < -0.3 is 38.5 Å². The highest BCUT2D eigenvalue weighted by Crippen LogP contribution is 2.07. The molecule has 0 bridgehead atoms. The second-order valence-electron chi connectivity index (χ2n) is 7.27. The van der Waals surface area contributed by atoms with Crippen LogP contribution in [-0.2, 0) is 38.0 Å². The fourth-order valence-corrected chi connectivity index (χ4v) is 2.71. The Morgan fingerprint density at radius 1 is 0.500 bits per heavy atom. The number of methoxy groups -OCH3 is 2. The summed E-state index contributed by atoms with van der Waals surface area (Å²) in [7, 11) is 3.38. The zero-order valence-electron chi connectivity index (χ0n) is 20.4. The van der Waals surface area contributed by atoms with Crippen molar-refractivity contribution in [3.63, 3.8) is 0 Å². The number of carbonyl (C=O) groups excluding carboxylic acids is 1. The molecule has 0 saturated heterocycles. The van der Waals surface area contributed by atoms with Gasteiger partial charge in [-0.15, -0.1) is 0 Å². The molecule has 32 heavy (non-hydrogen) atoms. The van der Waals surface area contributed by atoms with Gasteiger partial charge in [0.15, 0.2) is 0 Å². The quantitative estimate of drug-likeness (QED) is 0.185. The van der Waals surface area contributed by atoms with Crippen LogP contribution in [0, 0.1) is 0 Å². The average molecular weight is 466 g/mol. The maximum absolute atomic E-state index is 11.7. The van der Waals surface area contributed by atoms with Crippen LogP contribution in [0.15, 0.2) is 0 Å². The standard InChI is InChI=1S/C23H47NO8/c1-26-11-8-6-4-3-5-7-9-23(25)24-10-12-28-15-16-30-19-20-32-22-21-31-18-17-29-14-13-27-2/h3-22H2,1-2H3,(H,24,25). The number of unbranched alkanes of at least 4 members (excludes halogenated alkanes) is 5. The van der Waals surface area contributed by atoms with Crippen LogP contribution in [0.3, 0.4) is 0 Å². The van der Waals surface area contributed by atoms with Gasteiger partial charge in [0.1, 0.15) is 0 Å². The van der Waals surface area contributed by atoms with Crippen LogP contribution in [-0.4, -0.2) is 106 Å². The van der Waals surface area contributed by atoms with Crippen LogP contribution < -0.4 is 5.32 Å². The highest BCUT2D eigenvalue weighted by molar-refractivity contribution is 5.75. The predicted octanol–water partition coefficient (Wildman–Crippen LogP) is 2.21. The molecule has 0 aliphatic heterocycles. The third kappa shape index (κ3) is 27.2. The van der Waals surface area contributed by atoms with Crippen molar-refractivity contribution in [2.24, 2.45) is 0 Å². The maximum atomic E-state index is 11.7. The van der Waals surface area contributed by atoms with Gasteiger partial charge in [-0.25, -0.2) is 0 Å². The fourth-order valence-electron chi connectivity index (χ4n) is 2.71. The first kappa shape index (κ1) is 31.2. The Labute approximate surface area is 194 Å². The van der Waals surface area contributed by atoms with Gasteiger partial charge in [-0.1, -0.05) is 25.7 Å². The number of carbonyl (C=O) groups is 1. The Morgan fingerprint density at radius 3 is 1.41 bits per heavy atom. The number of hydrogen-bond donors (Lipinski definition) is 1. The van der Waals surface area contributed by atoms with Gasteiger partial charge >= 0.3 is 0 Å². The zero-order valence-corrected chi connectivity index (χ0v) is 20.4. The Hall–Kier alpha value is -0.810. The second kappa shape index (κ2) is 28.2. The summed E-state index contributed by atoms with van der Waals surface area (Å²) >= 11 is 0. The van der Waals surface area contributed by atoms with E-state index in [4.69, 9.17) is 33.2 Å². The highest BCUT2D eigenvalue weighted by Gasteiger charge is 2.00. The van der Waals surface area contributed by atoms with E-state index in [1.807, 2.05) is 0 Å². The summed E-state index contributed by atoms with van der Waals surface area (Å²) in [6.07, 6.45) is 7.37. The van der Waals surface area contributed by atoms with Gasteiger partial charge in [0, 0.05) is 33.8 Å². The first-order valence-corrected chi connectivity index (χ1v) is 11.9. The summed E-state index contributed by atoms with van der Waals surface area (Å²) in [5, 5.41) is 2.89. The Balaban J connectivity index is 3.11. The number of hydrogen-bond acceptors (Lipinski definition) is 8. The molecular formula is C23H47NO8. The lowest BCUT2D eigenvalue weighted by Crippen LogP contribution is -2.27. The summed E-state index contributed by atoms with van der Waals surface area (Å²) in [5.74, 6) is 0.101. The molecule has 1 N–H and O–H groups in total. The van der Waals surface area contributed by atoms with Gasteiger partial charge in [-0.3, -0.25) is 4.79 Å². The van der Waals surface area contributed by atoms with E-state index < -0.39 is 0 Å². The molecule has 0 spiro atoms. The molecule has 0 rings (SSSR count). The Morgan fingerprint density at radius 2 is 0.906 bits per heavy atom. The lowest BCUT2D eigenvalue weighted by molar-refractivity contribution is -0.121. The molecule has 0 aromatic carbocycles. The number of amides is 1. The third-order valence-corrected chi connectivity index (χ3v) is 4.49. The van der Waals surface area contributed by atoms with E-state index >= 15 is 0 Å². The molecule has 9 heteroatoms. The molecule has 0 atom stereocenters. The minimum Gasteiger partial charge on any atom is -0.385 e. The first-order chi connectivity index (χ1) is 15.8. The SMILES string of the molecule is COCCCCCCCCC(=O)NCCOCCOCCOCCOCCOCCOC. The Bertz CT molecular complexity index is 374. The van der Waals surface area contributed by atoms with Crippen molar-refractivity contribution >= 4 is 5.91 Å². The molecule has 0 aliphatic rings. The van der Waals surface area contributed by atoms with E-state index in [1.54, 1.807) is 14.2 Å². The average Bonchev–Trinajstić information content (AvgIpc) is 2.80. The maximum Gasteiger partial charge on any atom is 0.220 e. The Kier molecular flexibility index (Phi) is 27.5. The molecule has 0 fully saturated rings. The normalized spacial score (nSPS) is 11.2. The van der Waals surface area contributed by atoms with Crippen molar-refractivity contribution < 1.29 is 38.0 Å². The summed E-state index contributed by atoms with van der Waals surface area (Å²) < 4.78 is 36.9. The van der Waals surface area contributed by atoms with Gasteiger partial charge in [0.05, 0.1) is 72.7 Å². The lowest BCUT2D eigenvalue weighted by Gasteiger charge is -2.08. The van der Waals surface area contributed by atoms with Crippen LogP contribution in [0.5, 0.6) is 0 Å². The van der Waals surface area contributed by atoms with Crippen molar-refractivity contribution in [1.82, 2.24) is 5.32 Å². The fraction of sp³-hybridized carbons (Fsp3) is 0.957. The molecule has 1 amide bonds. The minimum atomic E-state index is 0.101. The number of ether oxygens (including phenoxy) is 7. The van der Waals surface area contributed by atoms with Crippen molar-refractivity contribution in [2.75, 3.05) is 100 Å². The van der Waals surface area contributed by atoms with E-state index in [-0.39, 0.29) is 5.91 Å². The molecule has 0 saturated carbocycles. The molecule has 0 heterocycles. The molecule has 9 nitrogen and oxygen atoms in total. The summed E-state index contributed by atoms with van der Waals surface area (Å²) in [5.41, 5.74) is 0. The smallest absolute Gasteiger partial charge is 0.220 e. The lowest BCUT2D eigenvalue weighted by atomic mass is 10.1. The molecule has 0 unspecified atom stereocenters. The summed E-state index contributed by atoms with van der Waals surface area (Å²) in [4.78, 5) is 11.7. The first-order valence-electron chi connectivity index (χ1n) is 11.9. The third-order valence-electron chi connectivity index (χ3n) is 4.49. The molecule has 192 valence electrons. The van der Waals surface area contributed by atoms with E-state index in [9.17, 15) is 4.79 Å². The molecule has 0 aromatic rings. The van der Waals surface area contributed by atoms with Crippen molar-refractivity contribution in [2.45, 2.75) is 44.9 Å². The molecular weight excluding hydrogens is 418 g/mol.